The van der Waals surface area contributed by atoms with Crippen LogP contribution in [0.25, 0.3) is 0 Å². The third kappa shape index (κ3) is 40.3. The standard InChI is InChI=1S/C14H21BrO.C14H19Br.2C12H13BrO.C7H7Br.C5H7ClO.CH4O3S.Al.3ClH.Na.H/c1-10-6-7-11(15)8-12(10)13(2,3)9-14(4,5)16;1-13(2)8-10-5-6-11(15)7-12(10)14(3,4)9-13;1-12(2)7-10(14)5-8-3-4-9(13)6-11(8)12;1-9(2)7-12(14)8-10-3-5-11(13)6-4-10;1-6-2-4-7(8)5-3-6;1-4(2)3-5(6)7;1-5(2,3)4;;;;;;/h6-8,16H,9H2,1-5H3;5-7H,8-9H2,1-4H3;3-4,6H,5,7H2,1-2H3;3-7H,8H2,1-2H3;2-5H,1H3;3H,1-2H3;1H3,(H,2,3,4);;3*1H;;/q;;;;;;;+3;;;;+1;-1/p-3. The minimum atomic E-state index is -3.67. The maximum absolute atomic E-state index is 11.5. The zero-order valence-electron chi connectivity index (χ0n) is 53.0. The number of rotatable bonds is 7. The molecule has 0 saturated carbocycles. The summed E-state index contributed by atoms with van der Waals surface area (Å²) in [6, 6.07) is 35.3. The average molecular weight is 1600 g/mol. The first kappa shape index (κ1) is 85.6. The van der Waals surface area contributed by atoms with Crippen molar-refractivity contribution in [1.82, 2.24) is 0 Å². The van der Waals surface area contributed by atoms with Crippen LogP contribution < -0.4 is 29.6 Å². The van der Waals surface area contributed by atoms with Crippen LogP contribution in [0.1, 0.15) is 162 Å². The minimum absolute atomic E-state index is 0. The summed E-state index contributed by atoms with van der Waals surface area (Å²) in [6.45, 7) is 33.5. The summed E-state index contributed by atoms with van der Waals surface area (Å²) in [5.41, 5.74) is 12.5. The molecule has 2 aliphatic rings. The number of carbonyl (C=O) groups is 3. The van der Waals surface area contributed by atoms with E-state index in [0.29, 0.717) is 42.1 Å². The zero-order valence-corrected chi connectivity index (χ0v) is 67.0. The predicted octanol–water partition coefficient (Wildman–Crippen LogP) is 18.4. The van der Waals surface area contributed by atoms with Crippen LogP contribution in [0, 0.1) is 19.3 Å². The third-order valence-electron chi connectivity index (χ3n) is 12.2. The van der Waals surface area contributed by atoms with Crippen LogP contribution >= 0.6 is 121 Å². The molecule has 0 bridgehead atoms. The Bertz CT molecular complexity index is 3040. The Morgan fingerprint density at radius 2 is 1.05 bits per heavy atom. The van der Waals surface area contributed by atoms with Crippen LogP contribution in [0.3, 0.4) is 0 Å². The summed E-state index contributed by atoms with van der Waals surface area (Å²) in [6.07, 6.45) is 8.75. The van der Waals surface area contributed by atoms with Gasteiger partial charge in [0.15, 0.2) is 5.78 Å². The van der Waals surface area contributed by atoms with Gasteiger partial charge >= 0.3 is 40.9 Å². The zero-order chi connectivity index (χ0) is 64.6. The summed E-state index contributed by atoms with van der Waals surface area (Å²) in [5.74, 6) is 0.511. The van der Waals surface area contributed by atoms with E-state index in [0.717, 1.165) is 41.0 Å². The summed E-state index contributed by atoms with van der Waals surface area (Å²) < 4.78 is 31.4. The Morgan fingerprint density at radius 3 is 1.45 bits per heavy atom. The van der Waals surface area contributed by atoms with Gasteiger partial charge in [0, 0.05) is 41.6 Å². The molecule has 0 heterocycles. The Hall–Kier alpha value is -0.448. The molecule has 460 valence electrons. The Balaban J connectivity index is -0.000000932. The molecule has 0 unspecified atom stereocenters. The van der Waals surface area contributed by atoms with E-state index in [1.54, 1.807) is 6.08 Å². The summed E-state index contributed by atoms with van der Waals surface area (Å²) in [4.78, 5) is 32.9. The van der Waals surface area contributed by atoms with E-state index < -0.39 is 32.3 Å². The molecule has 7 rings (SSSR count). The van der Waals surface area contributed by atoms with E-state index >= 15 is 0 Å². The molecule has 0 aromatic heterocycles. The van der Waals surface area contributed by atoms with Gasteiger partial charge in [-0.1, -0.05) is 194 Å². The second-order valence-electron chi connectivity index (χ2n) is 24.4. The molecule has 19 heteroatoms. The van der Waals surface area contributed by atoms with Crippen molar-refractivity contribution in [2.75, 3.05) is 6.26 Å². The third-order valence-corrected chi connectivity index (χ3v) is 14.8. The number of aliphatic hydroxyl groups is 1. The number of carbonyl (C=O) groups excluding carboxylic acids is 3. The molecule has 5 aromatic carbocycles. The van der Waals surface area contributed by atoms with Gasteiger partial charge in [-0.2, -0.15) is 8.42 Å². The molecular formula is C65H85AlBr5Cl4NaO7S. The van der Waals surface area contributed by atoms with Crippen LogP contribution in [0.5, 0.6) is 0 Å². The number of hydrogen-bond acceptors (Lipinski definition) is 6. The quantitative estimate of drug-likeness (QED) is 0.0719. The van der Waals surface area contributed by atoms with Gasteiger partial charge in [0.2, 0.25) is 5.24 Å². The van der Waals surface area contributed by atoms with Crippen LogP contribution in [0.2, 0.25) is 0 Å². The normalized spacial score (nSPS) is 13.8. The summed E-state index contributed by atoms with van der Waals surface area (Å²) >= 11 is 20.5. The van der Waals surface area contributed by atoms with Gasteiger partial charge < -0.3 is 6.53 Å². The van der Waals surface area contributed by atoms with Crippen molar-refractivity contribution in [3.05, 3.63) is 193 Å². The number of fused-ring (bicyclic) bond motifs is 2. The van der Waals surface area contributed by atoms with Gasteiger partial charge in [0.05, 0.1) is 11.9 Å². The predicted molar refractivity (Wildman–Crippen MR) is 376 cm³/mol. The second kappa shape index (κ2) is 39.7. The first-order chi connectivity index (χ1) is 37.6. The smallest absolute Gasteiger partial charge is 1.00 e. The molecule has 0 saturated heterocycles. The van der Waals surface area contributed by atoms with Crippen molar-refractivity contribution < 1.29 is 63.4 Å². The van der Waals surface area contributed by atoms with E-state index in [2.05, 4.69) is 210 Å². The molecule has 84 heavy (non-hydrogen) atoms. The van der Waals surface area contributed by atoms with Crippen LogP contribution in [-0.4, -0.2) is 58.1 Å². The second-order valence-corrected chi connectivity index (χ2v) is 37.3. The first-order valence-corrected chi connectivity index (χ1v) is 38.0. The molecular weight excluding hydrogens is 1520 g/mol. The van der Waals surface area contributed by atoms with E-state index in [9.17, 15) is 27.9 Å². The Morgan fingerprint density at radius 1 is 0.655 bits per heavy atom. The van der Waals surface area contributed by atoms with Crippen molar-refractivity contribution >= 4 is 160 Å². The molecule has 0 fully saturated rings. The molecule has 0 radical (unpaired) electrons. The number of Topliss-reactive ketones (excluding diaryl/α,β-unsaturated/α-hetero) is 1. The van der Waals surface area contributed by atoms with Crippen LogP contribution in [0.4, 0.5) is 0 Å². The Labute approximate surface area is 592 Å². The van der Waals surface area contributed by atoms with E-state index in [1.807, 2.05) is 84.0 Å². The topological polar surface area (TPSA) is 126 Å². The van der Waals surface area contributed by atoms with Crippen LogP contribution in [0.15, 0.2) is 149 Å². The molecule has 0 aliphatic heterocycles. The fourth-order valence-corrected chi connectivity index (χ4v) is 11.7. The van der Waals surface area contributed by atoms with Gasteiger partial charge in [-0.15, -0.1) is 0 Å². The molecule has 0 atom stereocenters. The van der Waals surface area contributed by atoms with Crippen molar-refractivity contribution in [1.29, 1.82) is 0 Å². The van der Waals surface area contributed by atoms with E-state index in [-0.39, 0.29) is 47.6 Å². The maximum Gasteiger partial charge on any atom is 1.00 e. The van der Waals surface area contributed by atoms with Crippen LogP contribution in [-0.2, 0) is 60.0 Å². The number of benzene rings is 5. The van der Waals surface area contributed by atoms with Crippen molar-refractivity contribution in [2.24, 2.45) is 5.41 Å². The maximum atomic E-state index is 11.5. The fourth-order valence-electron chi connectivity index (χ4n) is 9.84. The largest absolute Gasteiger partial charge is 1.00 e. The summed E-state index contributed by atoms with van der Waals surface area (Å²) in [5, 5.41) is 9.56. The fraction of sp³-hybridized carbons (Fsp3) is 0.431. The van der Waals surface area contributed by atoms with Gasteiger partial charge in [-0.05, 0) is 220 Å². The monoisotopic (exact) mass is 1590 g/mol. The van der Waals surface area contributed by atoms with E-state index in [1.165, 1.54) is 62.3 Å². The molecule has 7 nitrogen and oxygen atoms in total. The number of ketones is 2. The van der Waals surface area contributed by atoms with Gasteiger partial charge in [0.1, 0.15) is 5.78 Å². The Kier molecular flexibility index (Phi) is 40.5. The minimum Gasteiger partial charge on any atom is -1.00 e. The van der Waals surface area contributed by atoms with Crippen molar-refractivity contribution in [2.45, 2.75) is 171 Å². The van der Waals surface area contributed by atoms with Gasteiger partial charge in [-0.3, -0.25) is 18.9 Å². The SMILES string of the molecule is CC(C)=CC(=O)Cc1ccc(Br)cc1.CC(C)=CC(=O)Cl.CC1(C)CC(=O)Cc2ccc(Br)cc21.CC1(C)Cc2ccc(Br)cc2C(C)(C)C1.CS(=O)(=O)O.Cc1ccc(Br)cc1.Cc1ccc(Br)cc1C(C)(C)CC(C)(C)O.[Cl][Al]([Cl])[Cl].[H-].[Na+]. The molecule has 2 N–H and O–H groups in total. The number of aryl methyl sites for hydroxylation is 2. The molecule has 0 spiro atoms. The molecule has 5 aromatic rings. The summed E-state index contributed by atoms with van der Waals surface area (Å²) in [7, 11) is 11.2. The van der Waals surface area contributed by atoms with E-state index in [4.69, 9.17) is 46.3 Å². The average Bonchev–Trinajstić information content (AvgIpc) is 3.28. The number of hydrogen-bond donors (Lipinski definition) is 2. The van der Waals surface area contributed by atoms with Crippen molar-refractivity contribution in [3.63, 3.8) is 0 Å². The van der Waals surface area contributed by atoms with Crippen molar-refractivity contribution in [3.8, 4) is 0 Å². The molecule has 0 amide bonds. The number of allylic oxidation sites excluding steroid dienone is 4. The van der Waals surface area contributed by atoms with Gasteiger partial charge in [0.25, 0.3) is 10.1 Å². The van der Waals surface area contributed by atoms with Gasteiger partial charge in [-0.25, -0.2) is 30.1 Å². The molecule has 2 aliphatic carbocycles. The number of halogens is 9. The first-order valence-electron chi connectivity index (χ1n) is 26.6.